The summed E-state index contributed by atoms with van der Waals surface area (Å²) in [5.74, 6) is -1.40. The smallest absolute Gasteiger partial charge is 0.326 e. The van der Waals surface area contributed by atoms with Crippen molar-refractivity contribution in [2.45, 2.75) is 18.9 Å². The highest BCUT2D eigenvalue weighted by atomic mass is 79.9. The summed E-state index contributed by atoms with van der Waals surface area (Å²) in [7, 11) is 1.55. The Morgan fingerprint density at radius 1 is 1.56 bits per heavy atom. The van der Waals surface area contributed by atoms with Crippen LogP contribution in [0, 0.1) is 0 Å². The van der Waals surface area contributed by atoms with E-state index in [9.17, 15) is 9.59 Å². The second-order valence-corrected chi connectivity index (χ2v) is 6.07. The maximum absolute atomic E-state index is 11.8. The Bertz CT molecular complexity index is 421. The minimum absolute atomic E-state index is 0.349. The van der Waals surface area contributed by atoms with E-state index in [1.807, 2.05) is 0 Å². The number of hydrogen-bond donors (Lipinski definition) is 2. The third-order valence-electron chi connectivity index (χ3n) is 2.24. The quantitative estimate of drug-likeness (QED) is 0.748. The van der Waals surface area contributed by atoms with Crippen LogP contribution in [0.1, 0.15) is 22.5 Å². The maximum Gasteiger partial charge on any atom is 0.326 e. The van der Waals surface area contributed by atoms with Crippen LogP contribution in [0.2, 0.25) is 0 Å². The predicted molar refractivity (Wildman–Crippen MR) is 72.0 cm³/mol. The highest BCUT2D eigenvalue weighted by molar-refractivity contribution is 9.11. The molecule has 0 saturated heterocycles. The van der Waals surface area contributed by atoms with Gasteiger partial charge >= 0.3 is 5.97 Å². The molecule has 5 nitrogen and oxygen atoms in total. The van der Waals surface area contributed by atoms with E-state index < -0.39 is 12.0 Å². The van der Waals surface area contributed by atoms with Gasteiger partial charge < -0.3 is 15.2 Å². The number of rotatable bonds is 7. The second kappa shape index (κ2) is 7.50. The third-order valence-corrected chi connectivity index (χ3v) is 3.86. The third kappa shape index (κ3) is 4.75. The molecule has 0 bridgehead atoms. The van der Waals surface area contributed by atoms with Crippen LogP contribution in [0.3, 0.4) is 0 Å². The predicted octanol–water partition coefficient (Wildman–Crippen LogP) is 2.12. The average Bonchev–Trinajstić information content (AvgIpc) is 2.74. The molecule has 0 fully saturated rings. The number of carboxylic acid groups (broad SMARTS) is 1. The van der Waals surface area contributed by atoms with Gasteiger partial charge in [0.25, 0.3) is 5.91 Å². The van der Waals surface area contributed by atoms with Crippen molar-refractivity contribution in [3.05, 3.63) is 20.8 Å². The van der Waals surface area contributed by atoms with E-state index in [0.29, 0.717) is 24.3 Å². The summed E-state index contributed by atoms with van der Waals surface area (Å²) in [5, 5.41) is 11.5. The Morgan fingerprint density at radius 2 is 2.28 bits per heavy atom. The van der Waals surface area contributed by atoms with E-state index in [4.69, 9.17) is 9.84 Å². The van der Waals surface area contributed by atoms with Crippen molar-refractivity contribution >= 4 is 39.1 Å². The first-order valence-electron chi connectivity index (χ1n) is 5.32. The zero-order chi connectivity index (χ0) is 13.5. The lowest BCUT2D eigenvalue weighted by Crippen LogP contribution is -2.40. The summed E-state index contributed by atoms with van der Waals surface area (Å²) in [6.45, 7) is 0.476. The van der Waals surface area contributed by atoms with Gasteiger partial charge in [0, 0.05) is 13.7 Å². The van der Waals surface area contributed by atoms with Crippen LogP contribution < -0.4 is 5.32 Å². The van der Waals surface area contributed by atoms with E-state index in [1.54, 1.807) is 19.2 Å². The normalized spacial score (nSPS) is 12.1. The molecule has 0 spiro atoms. The Balaban J connectivity index is 2.55. The largest absolute Gasteiger partial charge is 0.480 e. The van der Waals surface area contributed by atoms with Crippen molar-refractivity contribution in [1.82, 2.24) is 5.32 Å². The fourth-order valence-corrected chi connectivity index (χ4v) is 2.64. The van der Waals surface area contributed by atoms with Crippen LogP contribution in [-0.2, 0) is 9.53 Å². The lowest BCUT2D eigenvalue weighted by Gasteiger charge is -2.13. The van der Waals surface area contributed by atoms with Gasteiger partial charge in [0.2, 0.25) is 0 Å². The van der Waals surface area contributed by atoms with Crippen molar-refractivity contribution in [1.29, 1.82) is 0 Å². The molecular weight excluding hydrogens is 322 g/mol. The van der Waals surface area contributed by atoms with Gasteiger partial charge in [0.05, 0.1) is 8.66 Å². The first-order chi connectivity index (χ1) is 8.54. The van der Waals surface area contributed by atoms with Crippen LogP contribution in [0.5, 0.6) is 0 Å². The SMILES string of the molecule is COCCCC(NC(=O)c1ccc(Br)s1)C(=O)O. The first-order valence-corrected chi connectivity index (χ1v) is 6.93. The average molecular weight is 336 g/mol. The molecule has 0 aromatic carbocycles. The molecule has 1 heterocycles. The van der Waals surface area contributed by atoms with Gasteiger partial charge in [-0.25, -0.2) is 4.79 Å². The molecule has 1 aromatic heterocycles. The number of amides is 1. The summed E-state index contributed by atoms with van der Waals surface area (Å²) in [5.41, 5.74) is 0. The lowest BCUT2D eigenvalue weighted by atomic mass is 10.1. The van der Waals surface area contributed by atoms with Crippen LogP contribution in [0.4, 0.5) is 0 Å². The standard InChI is InChI=1S/C11H14BrNO4S/c1-17-6-2-3-7(11(15)16)13-10(14)8-4-5-9(12)18-8/h4-5,7H,2-3,6H2,1H3,(H,13,14)(H,15,16). The molecule has 0 aliphatic heterocycles. The van der Waals surface area contributed by atoms with Gasteiger partial charge in [0.1, 0.15) is 6.04 Å². The minimum atomic E-state index is -1.03. The van der Waals surface area contributed by atoms with Crippen molar-refractivity contribution in [2.24, 2.45) is 0 Å². The van der Waals surface area contributed by atoms with E-state index >= 15 is 0 Å². The summed E-state index contributed by atoms with van der Waals surface area (Å²) in [4.78, 5) is 23.3. The van der Waals surface area contributed by atoms with Crippen LogP contribution in [0.15, 0.2) is 15.9 Å². The van der Waals surface area contributed by atoms with Gasteiger partial charge in [0.15, 0.2) is 0 Å². The Hall–Kier alpha value is -0.920. The first kappa shape index (κ1) is 15.1. The zero-order valence-electron chi connectivity index (χ0n) is 9.81. The summed E-state index contributed by atoms with van der Waals surface area (Å²) in [6.07, 6.45) is 0.934. The number of hydrogen-bond acceptors (Lipinski definition) is 4. The van der Waals surface area contributed by atoms with Gasteiger partial charge in [-0.15, -0.1) is 11.3 Å². The molecular formula is C11H14BrNO4S. The Kier molecular flexibility index (Phi) is 6.31. The molecule has 0 aliphatic carbocycles. The summed E-state index contributed by atoms with van der Waals surface area (Å²) < 4.78 is 5.69. The summed E-state index contributed by atoms with van der Waals surface area (Å²) in [6, 6.07) is 2.52. The second-order valence-electron chi connectivity index (χ2n) is 3.60. The molecule has 1 amide bonds. The topological polar surface area (TPSA) is 75.6 Å². The van der Waals surface area contributed by atoms with Crippen molar-refractivity contribution in [3.8, 4) is 0 Å². The number of nitrogens with one attached hydrogen (secondary N) is 1. The van der Waals surface area contributed by atoms with Crippen molar-refractivity contribution in [3.63, 3.8) is 0 Å². The number of ether oxygens (including phenoxy) is 1. The number of methoxy groups -OCH3 is 1. The molecule has 18 heavy (non-hydrogen) atoms. The molecule has 0 saturated carbocycles. The van der Waals surface area contributed by atoms with E-state index in [2.05, 4.69) is 21.2 Å². The molecule has 7 heteroatoms. The molecule has 100 valence electrons. The molecule has 1 atom stereocenters. The lowest BCUT2D eigenvalue weighted by molar-refractivity contribution is -0.139. The van der Waals surface area contributed by atoms with Gasteiger partial charge in [-0.1, -0.05) is 0 Å². The van der Waals surface area contributed by atoms with Crippen molar-refractivity contribution < 1.29 is 19.4 Å². The highest BCUT2D eigenvalue weighted by Gasteiger charge is 2.20. The van der Waals surface area contributed by atoms with Gasteiger partial charge in [-0.3, -0.25) is 4.79 Å². The van der Waals surface area contributed by atoms with E-state index in [0.717, 1.165) is 3.79 Å². The van der Waals surface area contributed by atoms with Gasteiger partial charge in [-0.05, 0) is 40.9 Å². The van der Waals surface area contributed by atoms with Crippen molar-refractivity contribution in [2.75, 3.05) is 13.7 Å². The Morgan fingerprint density at radius 3 is 2.78 bits per heavy atom. The minimum Gasteiger partial charge on any atom is -0.480 e. The van der Waals surface area contributed by atoms with Crippen LogP contribution >= 0.6 is 27.3 Å². The van der Waals surface area contributed by atoms with Crippen LogP contribution in [0.25, 0.3) is 0 Å². The van der Waals surface area contributed by atoms with E-state index in [-0.39, 0.29) is 5.91 Å². The van der Waals surface area contributed by atoms with E-state index in [1.165, 1.54) is 11.3 Å². The molecule has 0 radical (unpaired) electrons. The maximum atomic E-state index is 11.8. The number of aliphatic carboxylic acids is 1. The highest BCUT2D eigenvalue weighted by Crippen LogP contribution is 2.22. The zero-order valence-corrected chi connectivity index (χ0v) is 12.2. The summed E-state index contributed by atoms with van der Waals surface area (Å²) >= 11 is 4.52. The van der Waals surface area contributed by atoms with Crippen LogP contribution in [-0.4, -0.2) is 36.7 Å². The fourth-order valence-electron chi connectivity index (χ4n) is 1.35. The van der Waals surface area contributed by atoms with Gasteiger partial charge in [-0.2, -0.15) is 0 Å². The molecule has 1 unspecified atom stereocenters. The Labute approximate surface area is 117 Å². The number of carbonyl (C=O) groups is 2. The number of thiophene rings is 1. The number of carboxylic acids is 1. The molecule has 0 aliphatic rings. The monoisotopic (exact) mass is 335 g/mol. The fraction of sp³-hybridized carbons (Fsp3) is 0.455. The molecule has 2 N–H and O–H groups in total. The number of carbonyl (C=O) groups excluding carboxylic acids is 1. The number of halogens is 1. The molecule has 1 aromatic rings. The molecule has 1 rings (SSSR count).